The molecule has 0 unspecified atom stereocenters. The van der Waals surface area contributed by atoms with Crippen molar-refractivity contribution in [3.8, 4) is 5.75 Å². The van der Waals surface area contributed by atoms with Gasteiger partial charge in [-0.15, -0.1) is 10.2 Å². The van der Waals surface area contributed by atoms with Crippen LogP contribution in [0.2, 0.25) is 0 Å². The molecule has 1 aromatic carbocycles. The number of aromatic nitrogens is 2. The molecule has 26 heavy (non-hydrogen) atoms. The highest BCUT2D eigenvalue weighted by Crippen LogP contribution is 2.30. The number of nitrogens with zero attached hydrogens (tertiary/aromatic N) is 3. The largest absolute Gasteiger partial charge is 0.497 e. The highest BCUT2D eigenvalue weighted by atomic mass is 32.2. The minimum Gasteiger partial charge on any atom is -0.497 e. The van der Waals surface area contributed by atoms with E-state index in [-0.39, 0.29) is 5.91 Å². The average molecular weight is 393 g/mol. The van der Waals surface area contributed by atoms with Gasteiger partial charge < -0.3 is 15.0 Å². The number of rotatable bonds is 6. The van der Waals surface area contributed by atoms with Crippen LogP contribution in [0.25, 0.3) is 0 Å². The predicted molar refractivity (Wildman–Crippen MR) is 107 cm³/mol. The summed E-state index contributed by atoms with van der Waals surface area (Å²) in [5.74, 6) is 1.41. The van der Waals surface area contributed by atoms with Crippen LogP contribution in [0.5, 0.6) is 5.75 Å². The van der Waals surface area contributed by atoms with E-state index in [9.17, 15) is 4.79 Å². The van der Waals surface area contributed by atoms with E-state index in [1.165, 1.54) is 29.5 Å². The van der Waals surface area contributed by atoms with Crippen molar-refractivity contribution < 1.29 is 9.53 Å². The number of methoxy groups -OCH3 is 1. The average Bonchev–Trinajstić information content (AvgIpc) is 3.08. The lowest BCUT2D eigenvalue weighted by Crippen LogP contribution is -2.48. The summed E-state index contributed by atoms with van der Waals surface area (Å²) in [5.41, 5.74) is 0.922. The summed E-state index contributed by atoms with van der Waals surface area (Å²) in [5, 5.41) is 12.3. The lowest BCUT2D eigenvalue weighted by molar-refractivity contribution is -0.134. The third-order valence-corrected chi connectivity index (χ3v) is 6.51. The molecule has 2 heterocycles. The number of carbonyl (C=O) groups excluding carboxylic acids is 1. The standard InChI is InChI=1S/C18H24N4O2S2/c1-12-5-4-6-13(2)22(12)16(23)11-25-18-21-20-17(26-18)19-14-7-9-15(24-3)10-8-14/h7-10,12-13H,4-6,11H2,1-3H3,(H,19,20)/t12-,13-/m0/s1. The van der Waals surface area contributed by atoms with Crippen molar-refractivity contribution in [2.24, 2.45) is 0 Å². The Bertz CT molecular complexity index is 725. The Morgan fingerprint density at radius 2 is 1.96 bits per heavy atom. The molecule has 0 radical (unpaired) electrons. The number of hydrogen-bond acceptors (Lipinski definition) is 7. The fourth-order valence-corrected chi connectivity index (χ4v) is 4.87. The van der Waals surface area contributed by atoms with Gasteiger partial charge in [0, 0.05) is 17.8 Å². The maximum Gasteiger partial charge on any atom is 0.233 e. The van der Waals surface area contributed by atoms with Gasteiger partial charge in [-0.3, -0.25) is 4.79 Å². The molecule has 1 amide bonds. The fraction of sp³-hybridized carbons (Fsp3) is 0.500. The molecular weight excluding hydrogens is 368 g/mol. The monoisotopic (exact) mass is 392 g/mol. The second-order valence-corrected chi connectivity index (χ2v) is 8.65. The molecule has 2 atom stereocenters. The van der Waals surface area contributed by atoms with Crippen molar-refractivity contribution in [2.45, 2.75) is 49.5 Å². The second-order valence-electron chi connectivity index (χ2n) is 6.45. The van der Waals surface area contributed by atoms with Crippen molar-refractivity contribution >= 4 is 39.8 Å². The van der Waals surface area contributed by atoms with E-state index in [0.717, 1.165) is 28.6 Å². The molecule has 1 saturated heterocycles. The van der Waals surface area contributed by atoms with Crippen molar-refractivity contribution in [3.63, 3.8) is 0 Å². The van der Waals surface area contributed by atoms with Gasteiger partial charge in [-0.2, -0.15) is 0 Å². The van der Waals surface area contributed by atoms with Crippen LogP contribution in [0.3, 0.4) is 0 Å². The van der Waals surface area contributed by atoms with E-state index in [0.29, 0.717) is 23.0 Å². The Kier molecular flexibility index (Phi) is 6.37. The molecule has 140 valence electrons. The first-order chi connectivity index (χ1) is 12.6. The Labute approximate surface area is 162 Å². The molecule has 0 saturated carbocycles. The van der Waals surface area contributed by atoms with Crippen molar-refractivity contribution in [2.75, 3.05) is 18.2 Å². The third kappa shape index (κ3) is 4.67. The summed E-state index contributed by atoms with van der Waals surface area (Å²) in [6.45, 7) is 4.28. The van der Waals surface area contributed by atoms with E-state index in [1.807, 2.05) is 29.2 Å². The van der Waals surface area contributed by atoms with E-state index in [2.05, 4.69) is 29.4 Å². The SMILES string of the molecule is COc1ccc(Nc2nnc(SCC(=O)N3[C@@H](C)CCC[C@@H]3C)s2)cc1. The van der Waals surface area contributed by atoms with Gasteiger partial charge in [0.2, 0.25) is 11.0 Å². The number of anilines is 2. The van der Waals surface area contributed by atoms with E-state index >= 15 is 0 Å². The predicted octanol–water partition coefficient (Wildman–Crippen LogP) is 4.17. The Balaban J connectivity index is 1.53. The summed E-state index contributed by atoms with van der Waals surface area (Å²) < 4.78 is 5.95. The number of ether oxygens (including phenoxy) is 1. The molecule has 0 aliphatic carbocycles. The molecule has 3 rings (SSSR count). The summed E-state index contributed by atoms with van der Waals surface area (Å²) in [6, 6.07) is 8.28. The highest BCUT2D eigenvalue weighted by Gasteiger charge is 2.28. The maximum absolute atomic E-state index is 12.6. The van der Waals surface area contributed by atoms with Crippen LogP contribution in [0, 0.1) is 0 Å². The van der Waals surface area contributed by atoms with Gasteiger partial charge in [-0.05, 0) is 57.4 Å². The van der Waals surface area contributed by atoms with Crippen molar-refractivity contribution in [1.82, 2.24) is 15.1 Å². The Morgan fingerprint density at radius 1 is 1.27 bits per heavy atom. The molecule has 6 nitrogen and oxygen atoms in total. The van der Waals surface area contributed by atoms with Gasteiger partial charge in [0.25, 0.3) is 0 Å². The number of carbonyl (C=O) groups is 1. The second kappa shape index (κ2) is 8.73. The van der Waals surface area contributed by atoms with E-state index < -0.39 is 0 Å². The topological polar surface area (TPSA) is 67.3 Å². The van der Waals surface area contributed by atoms with Crippen LogP contribution < -0.4 is 10.1 Å². The molecule has 1 N–H and O–H groups in total. The quantitative estimate of drug-likeness (QED) is 0.744. The van der Waals surface area contributed by atoms with Gasteiger partial charge in [-0.1, -0.05) is 23.1 Å². The molecule has 1 fully saturated rings. The molecule has 0 spiro atoms. The van der Waals surface area contributed by atoms with Gasteiger partial charge >= 0.3 is 0 Å². The molecule has 8 heteroatoms. The summed E-state index contributed by atoms with van der Waals surface area (Å²) in [7, 11) is 1.64. The molecule has 1 aliphatic rings. The smallest absolute Gasteiger partial charge is 0.233 e. The number of likely N-dealkylation sites (tertiary alicyclic amines) is 1. The number of thioether (sulfide) groups is 1. The molecule has 1 aromatic heterocycles. The van der Waals surface area contributed by atoms with Gasteiger partial charge in [0.05, 0.1) is 12.9 Å². The number of benzene rings is 1. The number of nitrogens with one attached hydrogen (secondary N) is 1. The zero-order valence-corrected chi connectivity index (χ0v) is 16.9. The van der Waals surface area contributed by atoms with Crippen molar-refractivity contribution in [1.29, 1.82) is 0 Å². The first-order valence-electron chi connectivity index (χ1n) is 8.75. The molecule has 0 bridgehead atoms. The van der Waals surface area contributed by atoms with Crippen LogP contribution >= 0.6 is 23.1 Å². The molecule has 1 aliphatic heterocycles. The normalized spacial score (nSPS) is 20.0. The maximum atomic E-state index is 12.6. The minimum absolute atomic E-state index is 0.189. The zero-order chi connectivity index (χ0) is 18.5. The van der Waals surface area contributed by atoms with E-state index in [1.54, 1.807) is 7.11 Å². The lowest BCUT2D eigenvalue weighted by Gasteiger charge is -2.39. The first kappa shape index (κ1) is 19.0. The van der Waals surface area contributed by atoms with Gasteiger partial charge in [0.1, 0.15) is 5.75 Å². The zero-order valence-electron chi connectivity index (χ0n) is 15.3. The summed E-state index contributed by atoms with van der Waals surface area (Å²) >= 11 is 2.91. The van der Waals surface area contributed by atoms with Crippen LogP contribution in [0.15, 0.2) is 28.6 Å². The number of piperidine rings is 1. The first-order valence-corrected chi connectivity index (χ1v) is 10.6. The highest BCUT2D eigenvalue weighted by molar-refractivity contribution is 8.01. The molecule has 2 aromatic rings. The van der Waals surface area contributed by atoms with Crippen LogP contribution in [-0.4, -0.2) is 46.0 Å². The van der Waals surface area contributed by atoms with Crippen LogP contribution in [-0.2, 0) is 4.79 Å². The number of amides is 1. The minimum atomic E-state index is 0.189. The van der Waals surface area contributed by atoms with Crippen LogP contribution in [0.4, 0.5) is 10.8 Å². The molecular formula is C18H24N4O2S2. The Morgan fingerprint density at radius 3 is 2.62 bits per heavy atom. The van der Waals surface area contributed by atoms with Gasteiger partial charge in [0.15, 0.2) is 4.34 Å². The number of hydrogen-bond donors (Lipinski definition) is 1. The fourth-order valence-electron chi connectivity index (χ4n) is 3.23. The van der Waals surface area contributed by atoms with Gasteiger partial charge in [-0.25, -0.2) is 0 Å². The van der Waals surface area contributed by atoms with Crippen molar-refractivity contribution in [3.05, 3.63) is 24.3 Å². The summed E-state index contributed by atoms with van der Waals surface area (Å²) in [4.78, 5) is 14.6. The summed E-state index contributed by atoms with van der Waals surface area (Å²) in [6.07, 6.45) is 3.39. The Hall–Kier alpha value is -1.80. The lowest BCUT2D eigenvalue weighted by atomic mass is 9.98. The third-order valence-electron chi connectivity index (χ3n) is 4.55. The van der Waals surface area contributed by atoms with E-state index in [4.69, 9.17) is 4.74 Å². The van der Waals surface area contributed by atoms with Crippen LogP contribution in [0.1, 0.15) is 33.1 Å².